The van der Waals surface area contributed by atoms with Crippen LogP contribution in [-0.2, 0) is 0 Å². The van der Waals surface area contributed by atoms with Gasteiger partial charge in [-0.2, -0.15) is 0 Å². The molecule has 0 heteroatoms. The maximum absolute atomic E-state index is 2.50. The monoisotopic (exact) mass is 122 g/mol. The molecule has 0 N–H and O–H groups in total. The van der Waals surface area contributed by atoms with Gasteiger partial charge in [-0.1, -0.05) is 18.6 Å². The number of fused-ring (bicyclic) bond motifs is 2. The van der Waals surface area contributed by atoms with E-state index in [0.29, 0.717) is 0 Å². The minimum Gasteiger partial charge on any atom is -0.0822 e. The van der Waals surface area contributed by atoms with Crippen LogP contribution in [0.3, 0.4) is 0 Å². The SMILES string of the molecule is CC1C=C2CCCC1C2. The molecule has 0 aromatic heterocycles. The second kappa shape index (κ2) is 1.86. The van der Waals surface area contributed by atoms with Crippen LogP contribution in [0, 0.1) is 11.8 Å². The first-order valence-electron chi connectivity index (χ1n) is 4.06. The fraction of sp³-hybridized carbons (Fsp3) is 0.778. The van der Waals surface area contributed by atoms with E-state index in [0.717, 1.165) is 11.8 Å². The van der Waals surface area contributed by atoms with Gasteiger partial charge in [-0.3, -0.25) is 0 Å². The molecule has 2 aliphatic carbocycles. The van der Waals surface area contributed by atoms with Gasteiger partial charge in [0.05, 0.1) is 0 Å². The van der Waals surface area contributed by atoms with Crippen LogP contribution in [-0.4, -0.2) is 0 Å². The molecule has 0 nitrogen and oxygen atoms in total. The Kier molecular flexibility index (Phi) is 1.14. The molecular weight excluding hydrogens is 108 g/mol. The molecule has 0 aliphatic heterocycles. The summed E-state index contributed by atoms with van der Waals surface area (Å²) in [7, 11) is 0. The number of hydrogen-bond donors (Lipinski definition) is 0. The van der Waals surface area contributed by atoms with Crippen LogP contribution in [0.2, 0.25) is 0 Å². The molecule has 0 spiro atoms. The van der Waals surface area contributed by atoms with Gasteiger partial charge >= 0.3 is 0 Å². The molecule has 2 unspecified atom stereocenters. The third-order valence-electron chi connectivity index (χ3n) is 2.84. The summed E-state index contributed by atoms with van der Waals surface area (Å²) in [5.74, 6) is 1.94. The van der Waals surface area contributed by atoms with E-state index in [2.05, 4.69) is 13.0 Å². The lowest BCUT2D eigenvalue weighted by molar-refractivity contribution is 0.382. The van der Waals surface area contributed by atoms with Crippen molar-refractivity contribution in [3.05, 3.63) is 11.6 Å². The fourth-order valence-corrected chi connectivity index (χ4v) is 2.24. The van der Waals surface area contributed by atoms with E-state index in [9.17, 15) is 0 Å². The van der Waals surface area contributed by atoms with Crippen molar-refractivity contribution in [1.29, 1.82) is 0 Å². The minimum atomic E-state index is 0.905. The molecule has 0 aromatic carbocycles. The molecule has 0 heterocycles. The van der Waals surface area contributed by atoms with Crippen LogP contribution < -0.4 is 0 Å². The third kappa shape index (κ3) is 0.810. The van der Waals surface area contributed by atoms with Crippen LogP contribution in [0.15, 0.2) is 11.6 Å². The normalized spacial score (nSPS) is 40.8. The maximum atomic E-state index is 2.50. The predicted molar refractivity (Wildman–Crippen MR) is 39.2 cm³/mol. The molecular formula is C9H14. The van der Waals surface area contributed by atoms with Crippen LogP contribution in [0.4, 0.5) is 0 Å². The van der Waals surface area contributed by atoms with Gasteiger partial charge < -0.3 is 0 Å². The zero-order valence-electron chi connectivity index (χ0n) is 6.06. The molecule has 50 valence electrons. The molecule has 0 amide bonds. The zero-order valence-corrected chi connectivity index (χ0v) is 6.06. The molecule has 1 saturated carbocycles. The van der Waals surface area contributed by atoms with E-state index in [1.165, 1.54) is 25.7 Å². The molecule has 2 bridgehead atoms. The maximum Gasteiger partial charge on any atom is -0.0228 e. The van der Waals surface area contributed by atoms with Crippen molar-refractivity contribution >= 4 is 0 Å². The topological polar surface area (TPSA) is 0 Å². The van der Waals surface area contributed by atoms with Gasteiger partial charge in [-0.05, 0) is 37.5 Å². The second-order valence-corrected chi connectivity index (χ2v) is 3.54. The van der Waals surface area contributed by atoms with Crippen molar-refractivity contribution in [2.75, 3.05) is 0 Å². The Balaban J connectivity index is 2.19. The van der Waals surface area contributed by atoms with Gasteiger partial charge in [-0.15, -0.1) is 0 Å². The van der Waals surface area contributed by atoms with Crippen LogP contribution in [0.5, 0.6) is 0 Å². The Bertz CT molecular complexity index is 144. The predicted octanol–water partition coefficient (Wildman–Crippen LogP) is 2.75. The number of rotatable bonds is 0. The zero-order chi connectivity index (χ0) is 6.27. The van der Waals surface area contributed by atoms with E-state index >= 15 is 0 Å². The quantitative estimate of drug-likeness (QED) is 0.433. The average Bonchev–Trinajstić information content (AvgIpc) is 2.09. The van der Waals surface area contributed by atoms with Crippen molar-refractivity contribution in [2.24, 2.45) is 11.8 Å². The molecule has 0 radical (unpaired) electrons. The summed E-state index contributed by atoms with van der Waals surface area (Å²) < 4.78 is 0. The highest BCUT2D eigenvalue weighted by molar-refractivity contribution is 5.15. The second-order valence-electron chi connectivity index (χ2n) is 3.54. The van der Waals surface area contributed by atoms with Crippen LogP contribution in [0.25, 0.3) is 0 Å². The van der Waals surface area contributed by atoms with E-state index in [1.54, 1.807) is 5.57 Å². The molecule has 2 rings (SSSR count). The lowest BCUT2D eigenvalue weighted by Crippen LogP contribution is -2.06. The lowest BCUT2D eigenvalue weighted by Gasteiger charge is -2.18. The summed E-state index contributed by atoms with van der Waals surface area (Å²) in [5.41, 5.74) is 1.75. The summed E-state index contributed by atoms with van der Waals surface area (Å²) in [6, 6.07) is 0. The first kappa shape index (κ1) is 5.52. The summed E-state index contributed by atoms with van der Waals surface area (Å²) in [5, 5.41) is 0. The Morgan fingerprint density at radius 1 is 1.56 bits per heavy atom. The minimum absolute atomic E-state index is 0.905. The highest BCUT2D eigenvalue weighted by Crippen LogP contribution is 2.40. The molecule has 0 saturated heterocycles. The molecule has 2 atom stereocenters. The molecule has 9 heavy (non-hydrogen) atoms. The van der Waals surface area contributed by atoms with E-state index in [4.69, 9.17) is 0 Å². The van der Waals surface area contributed by atoms with Gasteiger partial charge in [0.2, 0.25) is 0 Å². The number of hydrogen-bond acceptors (Lipinski definition) is 0. The standard InChI is InChI=1S/C9H14/c1-7-5-8-3-2-4-9(7)6-8/h5,7,9H,2-4,6H2,1H3. The highest BCUT2D eigenvalue weighted by atomic mass is 14.3. The summed E-state index contributed by atoms with van der Waals surface area (Å²) in [6.45, 7) is 2.36. The van der Waals surface area contributed by atoms with Crippen LogP contribution in [0.1, 0.15) is 32.6 Å². The molecule has 2 aliphatic rings. The Labute approximate surface area is 57.0 Å². The number of allylic oxidation sites excluding steroid dienone is 2. The van der Waals surface area contributed by atoms with Gasteiger partial charge in [0, 0.05) is 0 Å². The Morgan fingerprint density at radius 2 is 2.44 bits per heavy atom. The smallest absolute Gasteiger partial charge is 0.0228 e. The molecule has 1 fully saturated rings. The van der Waals surface area contributed by atoms with Crippen LogP contribution >= 0.6 is 0 Å². The van der Waals surface area contributed by atoms with Crippen molar-refractivity contribution in [2.45, 2.75) is 32.6 Å². The first-order valence-corrected chi connectivity index (χ1v) is 4.06. The van der Waals surface area contributed by atoms with Gasteiger partial charge in [0.1, 0.15) is 0 Å². The van der Waals surface area contributed by atoms with Crippen molar-refractivity contribution in [3.8, 4) is 0 Å². The summed E-state index contributed by atoms with van der Waals surface area (Å²) in [6.07, 6.45) is 8.28. The van der Waals surface area contributed by atoms with E-state index < -0.39 is 0 Å². The molecule has 0 aromatic rings. The first-order chi connectivity index (χ1) is 4.36. The third-order valence-corrected chi connectivity index (χ3v) is 2.84. The van der Waals surface area contributed by atoms with Gasteiger partial charge in [0.15, 0.2) is 0 Å². The van der Waals surface area contributed by atoms with Gasteiger partial charge in [0.25, 0.3) is 0 Å². The van der Waals surface area contributed by atoms with E-state index in [-0.39, 0.29) is 0 Å². The average molecular weight is 122 g/mol. The van der Waals surface area contributed by atoms with Crippen molar-refractivity contribution in [1.82, 2.24) is 0 Å². The summed E-state index contributed by atoms with van der Waals surface area (Å²) >= 11 is 0. The largest absolute Gasteiger partial charge is 0.0822 e. The Morgan fingerprint density at radius 3 is 3.11 bits per heavy atom. The van der Waals surface area contributed by atoms with Crippen molar-refractivity contribution in [3.63, 3.8) is 0 Å². The fourth-order valence-electron chi connectivity index (χ4n) is 2.24. The van der Waals surface area contributed by atoms with E-state index in [1.807, 2.05) is 0 Å². The van der Waals surface area contributed by atoms with Gasteiger partial charge in [-0.25, -0.2) is 0 Å². The van der Waals surface area contributed by atoms with Crippen molar-refractivity contribution < 1.29 is 0 Å². The summed E-state index contributed by atoms with van der Waals surface area (Å²) in [4.78, 5) is 0. The lowest BCUT2D eigenvalue weighted by atomic mass is 9.87. The highest BCUT2D eigenvalue weighted by Gasteiger charge is 2.26. The Hall–Kier alpha value is -0.260.